The molecule has 2 rings (SSSR count). The lowest BCUT2D eigenvalue weighted by atomic mass is 10.1. The average molecular weight is 337 g/mol. The Bertz CT molecular complexity index is 694. The molecular formula is C17H14Cl2O3. The quantitative estimate of drug-likeness (QED) is 0.708. The molecule has 0 aliphatic heterocycles. The molecule has 0 heterocycles. The first-order valence-electron chi connectivity index (χ1n) is 6.75. The number of Topliss-reactive ketones (excluding diaryl/α,β-unsaturated/α-hetero) is 2. The van der Waals surface area contributed by atoms with Gasteiger partial charge in [0.25, 0.3) is 0 Å². The third-order valence-corrected chi connectivity index (χ3v) is 3.85. The minimum absolute atomic E-state index is 0.0680. The molecule has 0 saturated heterocycles. The predicted molar refractivity (Wildman–Crippen MR) is 87.4 cm³/mol. The molecule has 0 radical (unpaired) electrons. The maximum absolute atomic E-state index is 12.0. The standard InChI is InChI=1S/C17H14Cl2O3/c1-2-16(20)11-3-6-13(7-4-11)22-10-17(21)12-5-8-14(18)15(19)9-12/h3-9H,2,10H2,1H3. The van der Waals surface area contributed by atoms with E-state index in [1.165, 1.54) is 6.07 Å². The zero-order valence-electron chi connectivity index (χ0n) is 11.9. The zero-order chi connectivity index (χ0) is 16.1. The first kappa shape index (κ1) is 16.5. The van der Waals surface area contributed by atoms with Crippen molar-refractivity contribution in [3.8, 4) is 5.75 Å². The zero-order valence-corrected chi connectivity index (χ0v) is 13.4. The number of rotatable bonds is 6. The molecule has 2 aromatic carbocycles. The number of carbonyl (C=O) groups excluding carboxylic acids is 2. The van der Waals surface area contributed by atoms with Gasteiger partial charge in [-0.05, 0) is 42.5 Å². The maximum Gasteiger partial charge on any atom is 0.200 e. The van der Waals surface area contributed by atoms with Gasteiger partial charge in [0.1, 0.15) is 5.75 Å². The van der Waals surface area contributed by atoms with Gasteiger partial charge in [0.2, 0.25) is 0 Å². The summed E-state index contributed by atoms with van der Waals surface area (Å²) >= 11 is 11.7. The molecule has 114 valence electrons. The Morgan fingerprint density at radius 1 is 0.909 bits per heavy atom. The second-order valence-corrected chi connectivity index (χ2v) is 5.46. The van der Waals surface area contributed by atoms with Crippen molar-refractivity contribution in [2.24, 2.45) is 0 Å². The van der Waals surface area contributed by atoms with Crippen molar-refractivity contribution >= 4 is 34.8 Å². The van der Waals surface area contributed by atoms with Crippen molar-refractivity contribution in [1.82, 2.24) is 0 Å². The summed E-state index contributed by atoms with van der Waals surface area (Å²) in [6.07, 6.45) is 0.454. The number of hydrogen-bond acceptors (Lipinski definition) is 3. The van der Waals surface area contributed by atoms with Gasteiger partial charge in [-0.3, -0.25) is 9.59 Å². The van der Waals surface area contributed by atoms with Gasteiger partial charge in [-0.2, -0.15) is 0 Å². The van der Waals surface area contributed by atoms with Crippen LogP contribution in [0.4, 0.5) is 0 Å². The molecule has 2 aromatic rings. The molecule has 22 heavy (non-hydrogen) atoms. The third-order valence-electron chi connectivity index (χ3n) is 3.11. The van der Waals surface area contributed by atoms with Crippen LogP contribution in [0.5, 0.6) is 5.75 Å². The van der Waals surface area contributed by atoms with Crippen molar-refractivity contribution in [1.29, 1.82) is 0 Å². The topological polar surface area (TPSA) is 43.4 Å². The number of hydrogen-bond donors (Lipinski definition) is 0. The first-order valence-corrected chi connectivity index (χ1v) is 7.51. The Balaban J connectivity index is 1.98. The van der Waals surface area contributed by atoms with Crippen LogP contribution >= 0.6 is 23.2 Å². The summed E-state index contributed by atoms with van der Waals surface area (Å²) in [7, 11) is 0. The van der Waals surface area contributed by atoms with E-state index >= 15 is 0 Å². The van der Waals surface area contributed by atoms with Crippen LogP contribution in [0.2, 0.25) is 10.0 Å². The van der Waals surface area contributed by atoms with E-state index in [4.69, 9.17) is 27.9 Å². The van der Waals surface area contributed by atoms with Gasteiger partial charge in [-0.15, -0.1) is 0 Å². The fourth-order valence-corrected chi connectivity index (χ4v) is 2.14. The van der Waals surface area contributed by atoms with Crippen molar-refractivity contribution in [2.75, 3.05) is 6.61 Å². The monoisotopic (exact) mass is 336 g/mol. The molecule has 0 aliphatic rings. The summed E-state index contributed by atoms with van der Waals surface area (Å²) in [6.45, 7) is 1.70. The van der Waals surface area contributed by atoms with Gasteiger partial charge in [-0.1, -0.05) is 30.1 Å². The Hall–Kier alpha value is -1.84. The highest BCUT2D eigenvalue weighted by atomic mass is 35.5. The van der Waals surface area contributed by atoms with E-state index in [0.717, 1.165) is 0 Å². The molecule has 0 atom stereocenters. The van der Waals surface area contributed by atoms with Crippen molar-refractivity contribution in [2.45, 2.75) is 13.3 Å². The summed E-state index contributed by atoms with van der Waals surface area (Å²) in [5.74, 6) is 0.395. The number of carbonyl (C=O) groups is 2. The fraction of sp³-hybridized carbons (Fsp3) is 0.176. The first-order chi connectivity index (χ1) is 10.5. The Labute approximate surface area is 138 Å². The van der Waals surface area contributed by atoms with Crippen molar-refractivity contribution in [3.63, 3.8) is 0 Å². The lowest BCUT2D eigenvalue weighted by molar-refractivity contribution is 0.0920. The van der Waals surface area contributed by atoms with Gasteiger partial charge in [0.05, 0.1) is 10.0 Å². The predicted octanol–water partition coefficient (Wildman–Crippen LogP) is 4.85. The number of ether oxygens (including phenoxy) is 1. The molecule has 0 spiro atoms. The Morgan fingerprint density at radius 3 is 2.14 bits per heavy atom. The van der Waals surface area contributed by atoms with Crippen LogP contribution < -0.4 is 4.74 Å². The summed E-state index contributed by atoms with van der Waals surface area (Å²) in [4.78, 5) is 23.5. The molecule has 5 heteroatoms. The molecule has 0 N–H and O–H groups in total. The number of halogens is 2. The van der Waals surface area contributed by atoms with Crippen LogP contribution in [-0.4, -0.2) is 18.2 Å². The molecule has 0 amide bonds. The van der Waals surface area contributed by atoms with E-state index in [9.17, 15) is 9.59 Å². The van der Waals surface area contributed by atoms with E-state index < -0.39 is 0 Å². The minimum atomic E-state index is -0.202. The van der Waals surface area contributed by atoms with Crippen LogP contribution in [-0.2, 0) is 0 Å². The van der Waals surface area contributed by atoms with Crippen LogP contribution in [0, 0.1) is 0 Å². The highest BCUT2D eigenvalue weighted by Crippen LogP contribution is 2.23. The highest BCUT2D eigenvalue weighted by molar-refractivity contribution is 6.42. The molecule has 0 aromatic heterocycles. The smallest absolute Gasteiger partial charge is 0.200 e. The van der Waals surface area contributed by atoms with Crippen LogP contribution in [0.25, 0.3) is 0 Å². The van der Waals surface area contributed by atoms with Gasteiger partial charge in [0.15, 0.2) is 18.2 Å². The summed E-state index contributed by atoms with van der Waals surface area (Å²) in [5.41, 5.74) is 1.07. The molecule has 0 fully saturated rings. The lowest BCUT2D eigenvalue weighted by Crippen LogP contribution is -2.11. The molecule has 0 aliphatic carbocycles. The average Bonchev–Trinajstić information content (AvgIpc) is 2.54. The summed E-state index contributed by atoms with van der Waals surface area (Å²) in [6, 6.07) is 11.4. The second-order valence-electron chi connectivity index (χ2n) is 4.64. The van der Waals surface area contributed by atoms with Crippen LogP contribution in [0.3, 0.4) is 0 Å². The third kappa shape index (κ3) is 4.09. The van der Waals surface area contributed by atoms with Crippen molar-refractivity contribution < 1.29 is 14.3 Å². The van der Waals surface area contributed by atoms with Crippen molar-refractivity contribution in [3.05, 3.63) is 63.6 Å². The molecule has 3 nitrogen and oxygen atoms in total. The summed E-state index contributed by atoms with van der Waals surface area (Å²) < 4.78 is 5.42. The van der Waals surface area contributed by atoms with E-state index in [-0.39, 0.29) is 18.2 Å². The van der Waals surface area contributed by atoms with Gasteiger partial charge in [-0.25, -0.2) is 0 Å². The van der Waals surface area contributed by atoms with E-state index in [1.807, 2.05) is 6.92 Å². The Kier molecular flexibility index (Phi) is 5.58. The van der Waals surface area contributed by atoms with Crippen LogP contribution in [0.1, 0.15) is 34.1 Å². The van der Waals surface area contributed by atoms with Gasteiger partial charge >= 0.3 is 0 Å². The fourth-order valence-electron chi connectivity index (χ4n) is 1.84. The van der Waals surface area contributed by atoms with Gasteiger partial charge < -0.3 is 4.74 Å². The second kappa shape index (κ2) is 7.43. The largest absolute Gasteiger partial charge is 0.485 e. The SMILES string of the molecule is CCC(=O)c1ccc(OCC(=O)c2ccc(Cl)c(Cl)c2)cc1. The normalized spacial score (nSPS) is 10.3. The minimum Gasteiger partial charge on any atom is -0.485 e. The molecular weight excluding hydrogens is 323 g/mol. The molecule has 0 unspecified atom stereocenters. The molecule has 0 bridgehead atoms. The number of benzene rings is 2. The highest BCUT2D eigenvalue weighted by Gasteiger charge is 2.09. The Morgan fingerprint density at radius 2 is 1.55 bits per heavy atom. The van der Waals surface area contributed by atoms with Gasteiger partial charge in [0, 0.05) is 17.5 Å². The van der Waals surface area contributed by atoms with E-state index in [0.29, 0.717) is 33.3 Å². The summed E-state index contributed by atoms with van der Waals surface area (Å²) in [5, 5.41) is 0.727. The maximum atomic E-state index is 12.0. The van der Waals surface area contributed by atoms with E-state index in [2.05, 4.69) is 0 Å². The number of ketones is 2. The van der Waals surface area contributed by atoms with Crippen LogP contribution in [0.15, 0.2) is 42.5 Å². The lowest BCUT2D eigenvalue weighted by Gasteiger charge is -2.07. The molecule has 0 saturated carbocycles. The van der Waals surface area contributed by atoms with E-state index in [1.54, 1.807) is 36.4 Å².